The number of hydrogen-bond donors (Lipinski definition) is 1. The maximum Gasteiger partial charge on any atom is 0.202 e. The Hall–Kier alpha value is -2.21. The molecule has 0 saturated heterocycles. The van der Waals surface area contributed by atoms with Crippen molar-refractivity contribution in [2.75, 3.05) is 7.11 Å². The molecule has 2 aromatic heterocycles. The van der Waals surface area contributed by atoms with Crippen LogP contribution in [0.15, 0.2) is 46.7 Å². The van der Waals surface area contributed by atoms with E-state index in [0.29, 0.717) is 10.1 Å². The van der Waals surface area contributed by atoms with Crippen LogP contribution in [0.25, 0.3) is 11.0 Å². The molecule has 1 unspecified atom stereocenters. The highest BCUT2D eigenvalue weighted by Crippen LogP contribution is 2.22. The van der Waals surface area contributed by atoms with Crippen molar-refractivity contribution < 1.29 is 8.95 Å². The zero-order chi connectivity index (χ0) is 14.1. The van der Waals surface area contributed by atoms with E-state index in [1.807, 2.05) is 25.1 Å². The number of benzene rings is 1. The predicted octanol–water partition coefficient (Wildman–Crippen LogP) is 2.44. The Balaban J connectivity index is 2.06. The maximum absolute atomic E-state index is 12.5. The molecule has 0 saturated carbocycles. The van der Waals surface area contributed by atoms with Gasteiger partial charge in [-0.2, -0.15) is 0 Å². The number of aromatic nitrogens is 3. The number of rotatable bonds is 3. The Morgan fingerprint density at radius 3 is 2.90 bits per heavy atom. The number of nitrogens with one attached hydrogen (secondary N) is 1. The van der Waals surface area contributed by atoms with Gasteiger partial charge in [0.05, 0.1) is 23.0 Å². The van der Waals surface area contributed by atoms with Gasteiger partial charge in [0.2, 0.25) is 5.16 Å². The van der Waals surface area contributed by atoms with Crippen LogP contribution in [0.5, 0.6) is 5.75 Å². The standard InChI is InChI=1S/C14H13N3O2S/c1-9-8-15-6-5-13(9)20(18)14-16-11-4-3-10(19-2)7-12(11)17-14/h3-8H,1-2H3,(H,16,17). The third-order valence-corrected chi connectivity index (χ3v) is 4.41. The molecule has 0 aliphatic rings. The molecule has 3 aromatic rings. The van der Waals surface area contributed by atoms with E-state index in [2.05, 4.69) is 15.0 Å². The van der Waals surface area contributed by atoms with E-state index in [4.69, 9.17) is 4.74 Å². The van der Waals surface area contributed by atoms with Gasteiger partial charge in [0.25, 0.3) is 0 Å². The summed E-state index contributed by atoms with van der Waals surface area (Å²) in [4.78, 5) is 12.2. The molecule has 6 heteroatoms. The van der Waals surface area contributed by atoms with Gasteiger partial charge in [-0.05, 0) is 30.7 Å². The number of fused-ring (bicyclic) bond motifs is 1. The summed E-state index contributed by atoms with van der Waals surface area (Å²) in [5, 5.41) is 0.433. The second kappa shape index (κ2) is 5.05. The molecular formula is C14H13N3O2S. The van der Waals surface area contributed by atoms with Crippen LogP contribution in [0.2, 0.25) is 0 Å². The summed E-state index contributed by atoms with van der Waals surface area (Å²) in [6.07, 6.45) is 3.32. The summed E-state index contributed by atoms with van der Waals surface area (Å²) >= 11 is 0. The van der Waals surface area contributed by atoms with Crippen LogP contribution < -0.4 is 4.74 Å². The van der Waals surface area contributed by atoms with E-state index >= 15 is 0 Å². The third kappa shape index (κ3) is 2.18. The van der Waals surface area contributed by atoms with Crippen LogP contribution >= 0.6 is 0 Å². The van der Waals surface area contributed by atoms with Crippen LogP contribution in [0.4, 0.5) is 0 Å². The van der Waals surface area contributed by atoms with Gasteiger partial charge < -0.3 is 9.72 Å². The Labute approximate surface area is 118 Å². The molecule has 0 radical (unpaired) electrons. The molecule has 0 fully saturated rings. The number of methoxy groups -OCH3 is 1. The lowest BCUT2D eigenvalue weighted by atomic mass is 10.3. The van der Waals surface area contributed by atoms with E-state index in [9.17, 15) is 4.21 Å². The smallest absolute Gasteiger partial charge is 0.202 e. The van der Waals surface area contributed by atoms with Gasteiger partial charge in [0.1, 0.15) is 16.5 Å². The largest absolute Gasteiger partial charge is 0.497 e. The van der Waals surface area contributed by atoms with Gasteiger partial charge in [-0.25, -0.2) is 9.19 Å². The topological polar surface area (TPSA) is 67.9 Å². The number of H-pyrrole nitrogens is 1. The fourth-order valence-electron chi connectivity index (χ4n) is 1.95. The molecule has 1 atom stereocenters. The first-order chi connectivity index (χ1) is 9.69. The van der Waals surface area contributed by atoms with Crippen molar-refractivity contribution in [1.29, 1.82) is 0 Å². The molecule has 1 N–H and O–H groups in total. The molecule has 102 valence electrons. The first-order valence-corrected chi connectivity index (χ1v) is 7.20. The minimum atomic E-state index is -1.35. The number of hydrogen-bond acceptors (Lipinski definition) is 4. The first-order valence-electron chi connectivity index (χ1n) is 6.05. The minimum absolute atomic E-state index is 0.433. The van der Waals surface area contributed by atoms with Gasteiger partial charge in [-0.3, -0.25) is 4.98 Å². The number of pyridine rings is 1. The highest BCUT2D eigenvalue weighted by molar-refractivity contribution is 7.85. The number of aromatic amines is 1. The van der Waals surface area contributed by atoms with Crippen molar-refractivity contribution in [3.8, 4) is 5.75 Å². The molecule has 0 aliphatic heterocycles. The molecule has 2 heterocycles. The molecule has 1 aromatic carbocycles. The van der Waals surface area contributed by atoms with Crippen LogP contribution in [0.3, 0.4) is 0 Å². The van der Waals surface area contributed by atoms with Gasteiger partial charge in [0, 0.05) is 18.5 Å². The van der Waals surface area contributed by atoms with Crippen molar-refractivity contribution in [2.45, 2.75) is 17.0 Å². The van der Waals surface area contributed by atoms with Crippen molar-refractivity contribution in [3.05, 3.63) is 42.2 Å². The van der Waals surface area contributed by atoms with Crippen molar-refractivity contribution >= 4 is 21.8 Å². The molecule has 0 amide bonds. The number of aryl methyl sites for hydroxylation is 1. The fraction of sp³-hybridized carbons (Fsp3) is 0.143. The molecule has 5 nitrogen and oxygen atoms in total. The third-order valence-electron chi connectivity index (χ3n) is 3.01. The average molecular weight is 287 g/mol. The first kappa shape index (κ1) is 12.8. The van der Waals surface area contributed by atoms with Gasteiger partial charge >= 0.3 is 0 Å². The van der Waals surface area contributed by atoms with Gasteiger partial charge in [-0.1, -0.05) is 0 Å². The highest BCUT2D eigenvalue weighted by Gasteiger charge is 2.14. The lowest BCUT2D eigenvalue weighted by Gasteiger charge is -2.01. The second-order valence-electron chi connectivity index (χ2n) is 4.33. The molecular weight excluding hydrogens is 274 g/mol. The van der Waals surface area contributed by atoms with Crippen molar-refractivity contribution in [3.63, 3.8) is 0 Å². The fourth-order valence-corrected chi connectivity index (χ4v) is 3.07. The summed E-state index contributed by atoms with van der Waals surface area (Å²) in [6, 6.07) is 7.25. The Bertz CT molecular complexity index is 798. The lowest BCUT2D eigenvalue weighted by molar-refractivity contribution is 0.415. The van der Waals surface area contributed by atoms with Crippen molar-refractivity contribution in [1.82, 2.24) is 15.0 Å². The quantitative estimate of drug-likeness (QED) is 0.803. The van der Waals surface area contributed by atoms with Crippen LogP contribution in [0, 0.1) is 6.92 Å². The minimum Gasteiger partial charge on any atom is -0.497 e. The Morgan fingerprint density at radius 1 is 1.30 bits per heavy atom. The van der Waals surface area contributed by atoms with Gasteiger partial charge in [0.15, 0.2) is 0 Å². The van der Waals surface area contributed by atoms with E-state index < -0.39 is 10.8 Å². The normalized spacial score (nSPS) is 12.5. The molecule has 0 bridgehead atoms. The average Bonchev–Trinajstić information content (AvgIpc) is 2.89. The Kier molecular flexibility index (Phi) is 3.23. The van der Waals surface area contributed by atoms with Crippen LogP contribution in [-0.2, 0) is 10.8 Å². The molecule has 20 heavy (non-hydrogen) atoms. The maximum atomic E-state index is 12.5. The zero-order valence-electron chi connectivity index (χ0n) is 11.1. The van der Waals surface area contributed by atoms with Gasteiger partial charge in [-0.15, -0.1) is 0 Å². The summed E-state index contributed by atoms with van der Waals surface area (Å²) in [6.45, 7) is 1.88. The van der Waals surface area contributed by atoms with E-state index in [1.165, 1.54) is 0 Å². The van der Waals surface area contributed by atoms with E-state index in [0.717, 1.165) is 22.3 Å². The summed E-state index contributed by atoms with van der Waals surface area (Å²) in [7, 11) is 0.261. The van der Waals surface area contributed by atoms with E-state index in [-0.39, 0.29) is 0 Å². The summed E-state index contributed by atoms with van der Waals surface area (Å²) < 4.78 is 17.7. The number of ether oxygens (including phenoxy) is 1. The predicted molar refractivity (Wildman–Crippen MR) is 76.3 cm³/mol. The second-order valence-corrected chi connectivity index (χ2v) is 5.70. The van der Waals surface area contributed by atoms with Crippen molar-refractivity contribution in [2.24, 2.45) is 0 Å². The summed E-state index contributed by atoms with van der Waals surface area (Å²) in [5.41, 5.74) is 2.45. The summed E-state index contributed by atoms with van der Waals surface area (Å²) in [5.74, 6) is 0.735. The Morgan fingerprint density at radius 2 is 2.15 bits per heavy atom. The molecule has 3 rings (SSSR count). The van der Waals surface area contributed by atoms with Crippen LogP contribution in [0.1, 0.15) is 5.56 Å². The molecule has 0 aliphatic carbocycles. The van der Waals surface area contributed by atoms with E-state index in [1.54, 1.807) is 25.6 Å². The van der Waals surface area contributed by atoms with Crippen LogP contribution in [-0.4, -0.2) is 26.3 Å². The zero-order valence-corrected chi connectivity index (χ0v) is 11.9. The SMILES string of the molecule is COc1ccc2nc(S(=O)c3ccncc3C)[nH]c2c1. The number of imidazole rings is 1. The molecule has 0 spiro atoms. The lowest BCUT2D eigenvalue weighted by Crippen LogP contribution is -1.98. The highest BCUT2D eigenvalue weighted by atomic mass is 32.2. The number of nitrogens with zero attached hydrogens (tertiary/aromatic N) is 2. The monoisotopic (exact) mass is 287 g/mol.